The Morgan fingerprint density at radius 2 is 1.78 bits per heavy atom. The van der Waals surface area contributed by atoms with Crippen LogP contribution in [-0.4, -0.2) is 18.1 Å². The van der Waals surface area contributed by atoms with Gasteiger partial charge in [0.05, 0.1) is 0 Å². The second-order valence-electron chi connectivity index (χ2n) is 6.75. The van der Waals surface area contributed by atoms with Gasteiger partial charge in [-0.15, -0.1) is 0 Å². The van der Waals surface area contributed by atoms with Gasteiger partial charge in [-0.2, -0.15) is 0 Å². The maximum absolute atomic E-state index is 12.3. The topological polar surface area (TPSA) is 44.9 Å². The first-order valence-electron chi connectivity index (χ1n) is 8.05. The zero-order valence-corrected chi connectivity index (χ0v) is 13.2. The molecule has 1 aromatic heterocycles. The molecule has 0 saturated carbocycles. The summed E-state index contributed by atoms with van der Waals surface area (Å²) < 4.78 is 0. The average Bonchev–Trinajstić information content (AvgIpc) is 2.54. The molecule has 0 aliphatic carbocycles. The van der Waals surface area contributed by atoms with E-state index in [1.54, 1.807) is 0 Å². The van der Waals surface area contributed by atoms with E-state index < -0.39 is 0 Å². The molecule has 0 spiro atoms. The highest BCUT2D eigenvalue weighted by molar-refractivity contribution is 5.78. The van der Waals surface area contributed by atoms with E-state index in [0.29, 0.717) is 6.42 Å². The second-order valence-corrected chi connectivity index (χ2v) is 6.75. The molecule has 3 heteroatoms. The van der Waals surface area contributed by atoms with Gasteiger partial charge in [0.1, 0.15) is 0 Å². The molecular weight excluding hydrogens is 284 g/mol. The van der Waals surface area contributed by atoms with Crippen LogP contribution in [0.4, 0.5) is 0 Å². The van der Waals surface area contributed by atoms with Crippen molar-refractivity contribution in [3.05, 3.63) is 81.6 Å². The molecule has 0 bridgehead atoms. The first-order chi connectivity index (χ1) is 11.1. The van der Waals surface area contributed by atoms with Crippen molar-refractivity contribution in [2.45, 2.75) is 18.8 Å². The van der Waals surface area contributed by atoms with Crippen LogP contribution in [-0.2, 0) is 11.8 Å². The molecule has 2 heterocycles. The van der Waals surface area contributed by atoms with Crippen molar-refractivity contribution in [2.75, 3.05) is 13.1 Å². The van der Waals surface area contributed by atoms with E-state index in [2.05, 4.69) is 41.5 Å². The second kappa shape index (κ2) is 5.36. The molecule has 3 aromatic rings. The number of benzene rings is 2. The molecular formula is C20H20N2O. The lowest BCUT2D eigenvalue weighted by molar-refractivity contribution is 0.305. The Balaban J connectivity index is 1.63. The number of nitrogens with one attached hydrogen (secondary N) is 2. The molecule has 0 amide bonds. The molecule has 1 aliphatic rings. The number of H-pyrrole nitrogens is 1. The summed E-state index contributed by atoms with van der Waals surface area (Å²) in [4.78, 5) is 15.2. The van der Waals surface area contributed by atoms with Crippen LogP contribution < -0.4 is 10.9 Å². The third kappa shape index (κ3) is 2.57. The fraction of sp³-hybridized carbons (Fsp3) is 0.250. The molecule has 3 nitrogen and oxygen atoms in total. The molecule has 116 valence electrons. The molecule has 0 atom stereocenters. The highest BCUT2D eigenvalue weighted by Crippen LogP contribution is 2.28. The van der Waals surface area contributed by atoms with Crippen LogP contribution in [0, 0.1) is 0 Å². The van der Waals surface area contributed by atoms with E-state index in [4.69, 9.17) is 0 Å². The van der Waals surface area contributed by atoms with E-state index in [1.807, 2.05) is 30.3 Å². The number of fused-ring (bicyclic) bond motifs is 1. The molecule has 0 unspecified atom stereocenters. The minimum absolute atomic E-state index is 0.00271. The van der Waals surface area contributed by atoms with Crippen LogP contribution in [0.1, 0.15) is 23.6 Å². The lowest BCUT2D eigenvalue weighted by atomic mass is 9.77. The van der Waals surface area contributed by atoms with Crippen molar-refractivity contribution < 1.29 is 0 Å². The smallest absolute Gasteiger partial charge is 0.251 e. The summed E-state index contributed by atoms with van der Waals surface area (Å²) in [5, 5.41) is 4.41. The van der Waals surface area contributed by atoms with Gasteiger partial charge in [-0.1, -0.05) is 49.4 Å². The van der Waals surface area contributed by atoms with E-state index in [-0.39, 0.29) is 11.0 Å². The SMILES string of the molecule is CC1(c2ccc(Cc3cc4ccccc4[nH]c3=O)cc2)CNC1. The van der Waals surface area contributed by atoms with Crippen molar-refractivity contribution in [3.8, 4) is 0 Å². The van der Waals surface area contributed by atoms with Crippen molar-refractivity contribution in [1.29, 1.82) is 0 Å². The zero-order chi connectivity index (χ0) is 15.9. The Morgan fingerprint density at radius 3 is 2.48 bits per heavy atom. The van der Waals surface area contributed by atoms with Crippen molar-refractivity contribution in [3.63, 3.8) is 0 Å². The van der Waals surface area contributed by atoms with Crippen LogP contribution in [0.3, 0.4) is 0 Å². The molecule has 2 aromatic carbocycles. The Labute approximate surface area is 135 Å². The minimum atomic E-state index is 0.00271. The largest absolute Gasteiger partial charge is 0.322 e. The van der Waals surface area contributed by atoms with E-state index >= 15 is 0 Å². The maximum Gasteiger partial charge on any atom is 0.251 e. The third-order valence-corrected chi connectivity index (χ3v) is 4.91. The number of rotatable bonds is 3. The summed E-state index contributed by atoms with van der Waals surface area (Å²) in [7, 11) is 0. The molecule has 2 N–H and O–H groups in total. The number of aromatic nitrogens is 1. The molecule has 1 aliphatic heterocycles. The third-order valence-electron chi connectivity index (χ3n) is 4.91. The lowest BCUT2D eigenvalue weighted by Crippen LogP contribution is -2.54. The summed E-state index contributed by atoms with van der Waals surface area (Å²) in [5.41, 5.74) is 4.51. The Kier molecular flexibility index (Phi) is 3.31. The minimum Gasteiger partial charge on any atom is -0.322 e. The first-order valence-corrected chi connectivity index (χ1v) is 8.05. The Bertz CT molecular complexity index is 905. The predicted octanol–water partition coefficient (Wildman–Crippen LogP) is 2.98. The molecule has 23 heavy (non-hydrogen) atoms. The van der Waals surface area contributed by atoms with Gasteiger partial charge in [0.25, 0.3) is 5.56 Å². The fourth-order valence-electron chi connectivity index (χ4n) is 3.27. The van der Waals surface area contributed by atoms with Crippen LogP contribution >= 0.6 is 0 Å². The lowest BCUT2D eigenvalue weighted by Gasteiger charge is -2.40. The summed E-state index contributed by atoms with van der Waals surface area (Å²) in [6.45, 7) is 4.36. The standard InChI is InChI=1S/C20H20N2O/c1-20(12-21-13-20)17-8-6-14(7-9-17)10-16-11-15-4-2-3-5-18(15)22-19(16)23/h2-9,11,21H,10,12-13H2,1H3,(H,22,23). The van der Waals surface area contributed by atoms with E-state index in [9.17, 15) is 4.79 Å². The van der Waals surface area contributed by atoms with Gasteiger partial charge in [0.2, 0.25) is 0 Å². The van der Waals surface area contributed by atoms with Gasteiger partial charge in [0, 0.05) is 36.0 Å². The van der Waals surface area contributed by atoms with Crippen molar-refractivity contribution in [1.82, 2.24) is 10.3 Å². The van der Waals surface area contributed by atoms with Crippen LogP contribution in [0.25, 0.3) is 10.9 Å². The normalized spacial score (nSPS) is 16.2. The van der Waals surface area contributed by atoms with Crippen molar-refractivity contribution in [2.24, 2.45) is 0 Å². The first kappa shape index (κ1) is 14.2. The van der Waals surface area contributed by atoms with Crippen LogP contribution in [0.15, 0.2) is 59.4 Å². The summed E-state index contributed by atoms with van der Waals surface area (Å²) >= 11 is 0. The van der Waals surface area contributed by atoms with Gasteiger partial charge in [-0.3, -0.25) is 4.79 Å². The average molecular weight is 304 g/mol. The predicted molar refractivity (Wildman–Crippen MR) is 94.0 cm³/mol. The molecule has 1 fully saturated rings. The molecule has 4 rings (SSSR count). The number of hydrogen-bond acceptors (Lipinski definition) is 2. The Morgan fingerprint density at radius 1 is 1.04 bits per heavy atom. The van der Waals surface area contributed by atoms with Gasteiger partial charge < -0.3 is 10.3 Å². The maximum atomic E-state index is 12.3. The number of hydrogen-bond donors (Lipinski definition) is 2. The molecule has 1 saturated heterocycles. The van der Waals surface area contributed by atoms with Crippen LogP contribution in [0.2, 0.25) is 0 Å². The van der Waals surface area contributed by atoms with Crippen LogP contribution in [0.5, 0.6) is 0 Å². The molecule has 0 radical (unpaired) electrons. The van der Waals surface area contributed by atoms with Crippen molar-refractivity contribution >= 4 is 10.9 Å². The number of pyridine rings is 1. The van der Waals surface area contributed by atoms with Gasteiger partial charge >= 0.3 is 0 Å². The summed E-state index contributed by atoms with van der Waals surface area (Å²) in [5.74, 6) is 0. The summed E-state index contributed by atoms with van der Waals surface area (Å²) in [6, 6.07) is 18.6. The fourth-order valence-corrected chi connectivity index (χ4v) is 3.27. The van der Waals surface area contributed by atoms with Gasteiger partial charge in [-0.25, -0.2) is 0 Å². The highest BCUT2D eigenvalue weighted by atomic mass is 16.1. The van der Waals surface area contributed by atoms with Gasteiger partial charge in [-0.05, 0) is 28.6 Å². The van der Waals surface area contributed by atoms with Gasteiger partial charge in [0.15, 0.2) is 0 Å². The number of para-hydroxylation sites is 1. The Hall–Kier alpha value is -2.39. The summed E-state index contributed by atoms with van der Waals surface area (Å²) in [6.07, 6.45) is 0.662. The monoisotopic (exact) mass is 304 g/mol. The highest BCUT2D eigenvalue weighted by Gasteiger charge is 2.33. The zero-order valence-electron chi connectivity index (χ0n) is 13.2. The quantitative estimate of drug-likeness (QED) is 0.781. The number of aromatic amines is 1. The van der Waals surface area contributed by atoms with E-state index in [1.165, 1.54) is 11.1 Å². The van der Waals surface area contributed by atoms with E-state index in [0.717, 1.165) is 29.6 Å².